The Balaban J connectivity index is 2.08. The normalized spacial score (nSPS) is 10.0. The maximum Gasteiger partial charge on any atom is 0.194 e. The minimum atomic E-state index is -1.47. The molecule has 0 atom stereocenters. The summed E-state index contributed by atoms with van der Waals surface area (Å²) in [6, 6.07) is 10.4. The third-order valence-corrected chi connectivity index (χ3v) is 2.55. The molecule has 96 valence electrons. The van der Waals surface area contributed by atoms with Gasteiger partial charge in [0.05, 0.1) is 11.6 Å². The summed E-state index contributed by atoms with van der Waals surface area (Å²) in [4.78, 5) is 0. The topological polar surface area (TPSA) is 35.8 Å². The molecular weight excluding hydrogens is 253 g/mol. The standard InChI is InChI=1S/C14H9F3N2/c15-12-5-10(6-13(16)14(12)17)8-19-11-3-1-9(7-18)2-4-11/h1-6,19H,8H2. The van der Waals surface area contributed by atoms with Crippen LogP contribution in [0.2, 0.25) is 0 Å². The number of hydrogen-bond acceptors (Lipinski definition) is 2. The smallest absolute Gasteiger partial charge is 0.194 e. The second-order valence-corrected chi connectivity index (χ2v) is 3.92. The van der Waals surface area contributed by atoms with Crippen LogP contribution in [0.3, 0.4) is 0 Å². The lowest BCUT2D eigenvalue weighted by Crippen LogP contribution is -2.02. The number of nitriles is 1. The molecule has 0 aromatic heterocycles. The molecule has 2 nitrogen and oxygen atoms in total. The minimum absolute atomic E-state index is 0.153. The fourth-order valence-corrected chi connectivity index (χ4v) is 1.58. The van der Waals surface area contributed by atoms with E-state index in [1.54, 1.807) is 24.3 Å². The van der Waals surface area contributed by atoms with Crippen LogP contribution in [0, 0.1) is 28.8 Å². The summed E-state index contributed by atoms with van der Waals surface area (Å²) < 4.78 is 38.7. The fourth-order valence-electron chi connectivity index (χ4n) is 1.58. The van der Waals surface area contributed by atoms with Crippen LogP contribution in [-0.4, -0.2) is 0 Å². The molecule has 0 radical (unpaired) electrons. The molecule has 0 aliphatic rings. The van der Waals surface area contributed by atoms with Crippen molar-refractivity contribution in [1.29, 1.82) is 5.26 Å². The SMILES string of the molecule is N#Cc1ccc(NCc2cc(F)c(F)c(F)c2)cc1. The maximum atomic E-state index is 13.0. The molecule has 0 amide bonds. The highest BCUT2D eigenvalue weighted by Gasteiger charge is 2.10. The van der Waals surface area contributed by atoms with Gasteiger partial charge in [0, 0.05) is 12.2 Å². The third kappa shape index (κ3) is 3.05. The first kappa shape index (κ1) is 13.0. The van der Waals surface area contributed by atoms with Crippen LogP contribution in [0.1, 0.15) is 11.1 Å². The second-order valence-electron chi connectivity index (χ2n) is 3.92. The Morgan fingerprint density at radius 2 is 1.58 bits per heavy atom. The van der Waals surface area contributed by atoms with Gasteiger partial charge in [-0.25, -0.2) is 13.2 Å². The molecule has 0 aliphatic carbocycles. The first-order valence-electron chi connectivity index (χ1n) is 5.47. The molecule has 0 saturated carbocycles. The molecule has 0 aliphatic heterocycles. The van der Waals surface area contributed by atoms with Crippen molar-refractivity contribution >= 4 is 5.69 Å². The molecule has 0 saturated heterocycles. The zero-order valence-corrected chi connectivity index (χ0v) is 9.75. The van der Waals surface area contributed by atoms with Gasteiger partial charge in [-0.2, -0.15) is 5.26 Å². The highest BCUT2D eigenvalue weighted by molar-refractivity contribution is 5.47. The van der Waals surface area contributed by atoms with Gasteiger partial charge in [0.15, 0.2) is 17.5 Å². The lowest BCUT2D eigenvalue weighted by atomic mass is 10.2. The van der Waals surface area contributed by atoms with Gasteiger partial charge in [-0.15, -0.1) is 0 Å². The Hall–Kier alpha value is -2.48. The van der Waals surface area contributed by atoms with Crippen LogP contribution >= 0.6 is 0 Å². The van der Waals surface area contributed by atoms with Gasteiger partial charge in [0.25, 0.3) is 0 Å². The van der Waals surface area contributed by atoms with E-state index >= 15 is 0 Å². The van der Waals surface area contributed by atoms with Crippen molar-refractivity contribution in [2.24, 2.45) is 0 Å². The summed E-state index contributed by atoms with van der Waals surface area (Å²) in [5, 5.41) is 11.6. The summed E-state index contributed by atoms with van der Waals surface area (Å²) in [7, 11) is 0. The van der Waals surface area contributed by atoms with Gasteiger partial charge in [-0.1, -0.05) is 0 Å². The molecule has 0 spiro atoms. The van der Waals surface area contributed by atoms with Crippen LogP contribution in [0.15, 0.2) is 36.4 Å². The number of halogens is 3. The van der Waals surface area contributed by atoms with Gasteiger partial charge < -0.3 is 5.32 Å². The van der Waals surface area contributed by atoms with Crippen molar-refractivity contribution in [3.63, 3.8) is 0 Å². The molecule has 19 heavy (non-hydrogen) atoms. The van der Waals surface area contributed by atoms with Gasteiger partial charge >= 0.3 is 0 Å². The Morgan fingerprint density at radius 1 is 1.00 bits per heavy atom. The maximum absolute atomic E-state index is 13.0. The van der Waals surface area contributed by atoms with E-state index in [9.17, 15) is 13.2 Å². The highest BCUT2D eigenvalue weighted by Crippen LogP contribution is 2.15. The van der Waals surface area contributed by atoms with Gasteiger partial charge in [-0.05, 0) is 42.0 Å². The van der Waals surface area contributed by atoms with Crippen LogP contribution in [0.5, 0.6) is 0 Å². The Labute approximate surface area is 108 Å². The van der Waals surface area contributed by atoms with Gasteiger partial charge in [0.1, 0.15) is 0 Å². The fraction of sp³-hybridized carbons (Fsp3) is 0.0714. The highest BCUT2D eigenvalue weighted by atomic mass is 19.2. The Morgan fingerprint density at radius 3 is 2.11 bits per heavy atom. The zero-order valence-electron chi connectivity index (χ0n) is 9.75. The minimum Gasteiger partial charge on any atom is -0.381 e. The van der Waals surface area contributed by atoms with E-state index in [1.807, 2.05) is 6.07 Å². The lowest BCUT2D eigenvalue weighted by molar-refractivity contribution is 0.445. The molecule has 1 N–H and O–H groups in total. The number of rotatable bonds is 3. The lowest BCUT2D eigenvalue weighted by Gasteiger charge is -2.07. The summed E-state index contributed by atoms with van der Waals surface area (Å²) in [5.41, 5.74) is 1.51. The van der Waals surface area contributed by atoms with Crippen LogP contribution < -0.4 is 5.32 Å². The number of benzene rings is 2. The first-order valence-corrected chi connectivity index (χ1v) is 5.47. The monoisotopic (exact) mass is 262 g/mol. The molecule has 0 heterocycles. The predicted octanol–water partition coefficient (Wildman–Crippen LogP) is 3.59. The molecule has 0 bridgehead atoms. The molecule has 2 aromatic rings. The van der Waals surface area contributed by atoms with E-state index in [0.29, 0.717) is 16.8 Å². The molecule has 0 unspecified atom stereocenters. The van der Waals surface area contributed by atoms with Crippen molar-refractivity contribution in [2.45, 2.75) is 6.54 Å². The largest absolute Gasteiger partial charge is 0.381 e. The average Bonchev–Trinajstić information content (AvgIpc) is 2.43. The predicted molar refractivity (Wildman–Crippen MR) is 64.8 cm³/mol. The van der Waals surface area contributed by atoms with E-state index in [1.165, 1.54) is 0 Å². The number of nitrogens with zero attached hydrogens (tertiary/aromatic N) is 1. The average molecular weight is 262 g/mol. The van der Waals surface area contributed by atoms with Crippen molar-refractivity contribution in [3.05, 3.63) is 65.0 Å². The number of nitrogens with one attached hydrogen (secondary N) is 1. The Bertz CT molecular complexity index is 607. The van der Waals surface area contributed by atoms with Gasteiger partial charge in [0.2, 0.25) is 0 Å². The van der Waals surface area contributed by atoms with Crippen molar-refractivity contribution in [1.82, 2.24) is 0 Å². The Kier molecular flexibility index (Phi) is 3.71. The zero-order chi connectivity index (χ0) is 13.8. The van der Waals surface area contributed by atoms with E-state index < -0.39 is 17.5 Å². The van der Waals surface area contributed by atoms with Crippen LogP contribution in [-0.2, 0) is 6.54 Å². The third-order valence-electron chi connectivity index (χ3n) is 2.55. The van der Waals surface area contributed by atoms with E-state index in [0.717, 1.165) is 12.1 Å². The number of hydrogen-bond donors (Lipinski definition) is 1. The van der Waals surface area contributed by atoms with Crippen LogP contribution in [0.4, 0.5) is 18.9 Å². The second kappa shape index (κ2) is 5.44. The number of anilines is 1. The summed E-state index contributed by atoms with van der Waals surface area (Å²) in [6.45, 7) is 0.153. The van der Waals surface area contributed by atoms with Crippen molar-refractivity contribution < 1.29 is 13.2 Å². The molecule has 5 heteroatoms. The molecule has 0 fully saturated rings. The van der Waals surface area contributed by atoms with Crippen molar-refractivity contribution in [2.75, 3.05) is 5.32 Å². The van der Waals surface area contributed by atoms with Crippen molar-refractivity contribution in [3.8, 4) is 6.07 Å². The van der Waals surface area contributed by atoms with E-state index in [-0.39, 0.29) is 6.54 Å². The molecular formula is C14H9F3N2. The summed E-state index contributed by atoms with van der Waals surface area (Å²) in [6.07, 6.45) is 0. The molecule has 2 aromatic carbocycles. The quantitative estimate of drug-likeness (QED) is 0.858. The van der Waals surface area contributed by atoms with Gasteiger partial charge in [-0.3, -0.25) is 0 Å². The summed E-state index contributed by atoms with van der Waals surface area (Å²) >= 11 is 0. The van der Waals surface area contributed by atoms with Crippen LogP contribution in [0.25, 0.3) is 0 Å². The van der Waals surface area contributed by atoms with E-state index in [4.69, 9.17) is 5.26 Å². The first-order chi connectivity index (χ1) is 9.10. The van der Waals surface area contributed by atoms with E-state index in [2.05, 4.69) is 5.32 Å². The summed E-state index contributed by atoms with van der Waals surface area (Å²) in [5.74, 6) is -3.89. The molecule has 2 rings (SSSR count).